The molecular formula is C30H41NS2. The quantitative estimate of drug-likeness (QED) is 0.140. The summed E-state index contributed by atoms with van der Waals surface area (Å²) in [5.74, 6) is 2.08. The van der Waals surface area contributed by atoms with Gasteiger partial charge in [-0.25, -0.2) is 0 Å². The van der Waals surface area contributed by atoms with Crippen LogP contribution in [0.1, 0.15) is 82.5 Å². The van der Waals surface area contributed by atoms with E-state index in [0.717, 1.165) is 18.1 Å². The molecule has 0 radical (unpaired) electrons. The molecule has 178 valence electrons. The average molecular weight is 480 g/mol. The summed E-state index contributed by atoms with van der Waals surface area (Å²) in [4.78, 5) is 2.70. The van der Waals surface area contributed by atoms with Crippen LogP contribution in [0.4, 0.5) is 0 Å². The summed E-state index contributed by atoms with van der Waals surface area (Å²) < 4.78 is 2.61. The Labute approximate surface area is 210 Å². The maximum atomic E-state index is 2.61. The molecule has 0 aliphatic rings. The summed E-state index contributed by atoms with van der Waals surface area (Å²) in [5.41, 5.74) is 2.92. The molecule has 3 rings (SSSR count). The number of rotatable bonds is 17. The molecule has 0 saturated carbocycles. The van der Waals surface area contributed by atoms with Crippen LogP contribution in [0.25, 0.3) is 0 Å². The van der Waals surface area contributed by atoms with Gasteiger partial charge >= 0.3 is 0 Å². The molecule has 1 nitrogen and oxygen atoms in total. The summed E-state index contributed by atoms with van der Waals surface area (Å²) in [7, 11) is 0. The Hall–Kier alpha value is -1.58. The zero-order chi connectivity index (χ0) is 23.0. The molecule has 1 aromatic heterocycles. The number of hydrogen-bond acceptors (Lipinski definition) is 2. The number of hydrogen-bond donors (Lipinski definition) is 0. The van der Waals surface area contributed by atoms with Crippen molar-refractivity contribution in [2.75, 3.05) is 0 Å². The summed E-state index contributed by atoms with van der Waals surface area (Å²) in [6.45, 7) is 3.45. The Kier molecular flexibility index (Phi) is 12.7. The van der Waals surface area contributed by atoms with Gasteiger partial charge in [0, 0.05) is 39.2 Å². The highest BCUT2D eigenvalue weighted by Gasteiger charge is 2.10. The molecule has 3 aromatic rings. The SMILES string of the molecule is CCCCCCCCCCCCn1c(CSc2ccccc2)ccc1CSc1ccccc1. The molecule has 33 heavy (non-hydrogen) atoms. The Bertz CT molecular complexity index is 812. The molecule has 3 heteroatoms. The summed E-state index contributed by atoms with van der Waals surface area (Å²) in [6.07, 6.45) is 13.9. The second-order valence-corrected chi connectivity index (χ2v) is 11.0. The highest BCUT2D eigenvalue weighted by molar-refractivity contribution is 7.98. The number of benzene rings is 2. The van der Waals surface area contributed by atoms with Gasteiger partial charge in [-0.15, -0.1) is 23.5 Å². The average Bonchev–Trinajstić information content (AvgIpc) is 3.25. The van der Waals surface area contributed by atoms with Gasteiger partial charge in [-0.3, -0.25) is 0 Å². The highest BCUT2D eigenvalue weighted by atomic mass is 32.2. The van der Waals surface area contributed by atoms with Crippen LogP contribution in [0.3, 0.4) is 0 Å². The third-order valence-corrected chi connectivity index (χ3v) is 8.25. The molecule has 2 aromatic carbocycles. The van der Waals surface area contributed by atoms with E-state index >= 15 is 0 Å². The zero-order valence-corrected chi connectivity index (χ0v) is 22.0. The van der Waals surface area contributed by atoms with E-state index in [9.17, 15) is 0 Å². The van der Waals surface area contributed by atoms with Gasteiger partial charge in [-0.1, -0.05) is 101 Å². The van der Waals surface area contributed by atoms with Crippen molar-refractivity contribution in [1.82, 2.24) is 4.57 Å². The van der Waals surface area contributed by atoms with E-state index < -0.39 is 0 Å². The molecule has 0 bridgehead atoms. The molecule has 0 spiro atoms. The van der Waals surface area contributed by atoms with Crippen LogP contribution < -0.4 is 0 Å². The van der Waals surface area contributed by atoms with Crippen molar-refractivity contribution in [1.29, 1.82) is 0 Å². The molecule has 0 atom stereocenters. The van der Waals surface area contributed by atoms with Crippen LogP contribution in [0.5, 0.6) is 0 Å². The third-order valence-electron chi connectivity index (χ3n) is 6.16. The van der Waals surface area contributed by atoms with Crippen LogP contribution >= 0.6 is 23.5 Å². The van der Waals surface area contributed by atoms with Crippen molar-refractivity contribution < 1.29 is 0 Å². The first-order valence-corrected chi connectivity index (χ1v) is 14.9. The standard InChI is InChI=1S/C30H41NS2/c1-2-3-4-5-6-7-8-9-10-17-24-31-27(25-32-29-18-13-11-14-19-29)22-23-28(31)26-33-30-20-15-12-16-21-30/h11-16,18-23H,2-10,17,24-26H2,1H3. The summed E-state index contributed by atoms with van der Waals surface area (Å²) in [5, 5.41) is 0. The van der Waals surface area contributed by atoms with E-state index in [-0.39, 0.29) is 0 Å². The van der Waals surface area contributed by atoms with Gasteiger partial charge < -0.3 is 4.57 Å². The van der Waals surface area contributed by atoms with Gasteiger partial charge in [-0.05, 0) is 42.8 Å². The topological polar surface area (TPSA) is 4.93 Å². The van der Waals surface area contributed by atoms with Crippen molar-refractivity contribution in [2.24, 2.45) is 0 Å². The molecule has 0 aliphatic heterocycles. The van der Waals surface area contributed by atoms with Crippen LogP contribution in [-0.4, -0.2) is 4.57 Å². The second-order valence-electron chi connectivity index (χ2n) is 8.85. The first-order valence-electron chi connectivity index (χ1n) is 12.9. The van der Waals surface area contributed by atoms with E-state index in [4.69, 9.17) is 0 Å². The predicted octanol–water partition coefficient (Wildman–Crippen LogP) is 9.99. The van der Waals surface area contributed by atoms with Crippen LogP contribution in [0.2, 0.25) is 0 Å². The van der Waals surface area contributed by atoms with Gasteiger partial charge in [-0.2, -0.15) is 0 Å². The molecule has 0 aliphatic carbocycles. The van der Waals surface area contributed by atoms with Crippen LogP contribution in [-0.2, 0) is 18.1 Å². The molecule has 0 saturated heterocycles. The fraction of sp³-hybridized carbons (Fsp3) is 0.467. The molecule has 0 unspecified atom stereocenters. The smallest absolute Gasteiger partial charge is 0.0385 e. The minimum atomic E-state index is 1.04. The van der Waals surface area contributed by atoms with E-state index in [1.165, 1.54) is 85.4 Å². The molecule has 0 amide bonds. The van der Waals surface area contributed by atoms with Gasteiger partial charge in [0.1, 0.15) is 0 Å². The number of thioether (sulfide) groups is 2. The predicted molar refractivity (Wildman–Crippen MR) is 148 cm³/mol. The van der Waals surface area contributed by atoms with Crippen molar-refractivity contribution in [2.45, 2.75) is 99.0 Å². The minimum Gasteiger partial charge on any atom is -0.347 e. The first kappa shape index (κ1) is 26.0. The van der Waals surface area contributed by atoms with Gasteiger partial charge in [0.25, 0.3) is 0 Å². The Balaban J connectivity index is 1.48. The van der Waals surface area contributed by atoms with E-state index in [0.29, 0.717) is 0 Å². The lowest BCUT2D eigenvalue weighted by atomic mass is 10.1. The first-order chi connectivity index (χ1) is 16.4. The lowest BCUT2D eigenvalue weighted by Crippen LogP contribution is -2.06. The molecule has 1 heterocycles. The van der Waals surface area contributed by atoms with Crippen molar-refractivity contribution in [3.8, 4) is 0 Å². The maximum absolute atomic E-state index is 2.61. The van der Waals surface area contributed by atoms with Gasteiger partial charge in [0.2, 0.25) is 0 Å². The molecule has 0 N–H and O–H groups in total. The van der Waals surface area contributed by atoms with Crippen molar-refractivity contribution >= 4 is 23.5 Å². The second kappa shape index (κ2) is 16.1. The van der Waals surface area contributed by atoms with Crippen LogP contribution in [0.15, 0.2) is 82.6 Å². The minimum absolute atomic E-state index is 1.04. The van der Waals surface area contributed by atoms with Gasteiger partial charge in [0.05, 0.1) is 0 Å². The number of aromatic nitrogens is 1. The fourth-order valence-electron chi connectivity index (χ4n) is 4.20. The fourth-order valence-corrected chi connectivity index (χ4v) is 6.03. The number of nitrogens with zero attached hydrogens (tertiary/aromatic N) is 1. The normalized spacial score (nSPS) is 11.2. The van der Waals surface area contributed by atoms with E-state index in [1.807, 2.05) is 23.5 Å². The number of unbranched alkanes of at least 4 members (excludes halogenated alkanes) is 9. The molecule has 0 fully saturated rings. The van der Waals surface area contributed by atoms with Crippen LogP contribution in [0, 0.1) is 0 Å². The van der Waals surface area contributed by atoms with E-state index in [2.05, 4.69) is 84.3 Å². The monoisotopic (exact) mass is 479 g/mol. The molecular weight excluding hydrogens is 438 g/mol. The van der Waals surface area contributed by atoms with Crippen molar-refractivity contribution in [3.63, 3.8) is 0 Å². The highest BCUT2D eigenvalue weighted by Crippen LogP contribution is 2.28. The lowest BCUT2D eigenvalue weighted by molar-refractivity contribution is 0.528. The third kappa shape index (κ3) is 10.1. The van der Waals surface area contributed by atoms with E-state index in [1.54, 1.807) is 0 Å². The Morgan fingerprint density at radius 3 is 1.39 bits per heavy atom. The maximum Gasteiger partial charge on any atom is 0.0385 e. The Morgan fingerprint density at radius 1 is 0.515 bits per heavy atom. The lowest BCUT2D eigenvalue weighted by Gasteiger charge is -2.14. The van der Waals surface area contributed by atoms with Gasteiger partial charge in [0.15, 0.2) is 0 Å². The zero-order valence-electron chi connectivity index (χ0n) is 20.4. The Morgan fingerprint density at radius 2 is 0.939 bits per heavy atom. The summed E-state index contributed by atoms with van der Waals surface area (Å²) >= 11 is 3.89. The van der Waals surface area contributed by atoms with Crippen molar-refractivity contribution in [3.05, 3.63) is 84.2 Å². The summed E-state index contributed by atoms with van der Waals surface area (Å²) in [6, 6.07) is 26.3. The largest absolute Gasteiger partial charge is 0.347 e.